The molecule has 0 bridgehead atoms. The van der Waals surface area contributed by atoms with Crippen molar-refractivity contribution in [3.63, 3.8) is 0 Å². The average molecular weight is 234 g/mol. The monoisotopic (exact) mass is 234 g/mol. The van der Waals surface area contributed by atoms with E-state index in [9.17, 15) is 4.79 Å². The van der Waals surface area contributed by atoms with Crippen LogP contribution in [0.15, 0.2) is 30.3 Å². The minimum Gasteiger partial charge on any atom is -0.351 e. The van der Waals surface area contributed by atoms with Gasteiger partial charge in [-0.05, 0) is 25.0 Å². The summed E-state index contributed by atoms with van der Waals surface area (Å²) in [5.74, 6) is -0.00283. The average Bonchev–Trinajstić information content (AvgIpc) is 2.40. The summed E-state index contributed by atoms with van der Waals surface area (Å²) in [6.07, 6.45) is 2.26. The Bertz CT molecular complexity index is 320. The van der Waals surface area contributed by atoms with Gasteiger partial charge in [-0.1, -0.05) is 32.0 Å². The normalized spacial score (nSPS) is 10.5. The molecule has 0 aliphatic carbocycles. The molecule has 0 atom stereocenters. The Balaban J connectivity index is 2.21. The van der Waals surface area contributed by atoms with Crippen LogP contribution >= 0.6 is 0 Å². The molecule has 0 aliphatic rings. The molecule has 94 valence electrons. The zero-order chi connectivity index (χ0) is 12.5. The minimum absolute atomic E-state index is 0.00283. The van der Waals surface area contributed by atoms with Crippen molar-refractivity contribution in [2.75, 3.05) is 13.1 Å². The van der Waals surface area contributed by atoms with Gasteiger partial charge in [-0.3, -0.25) is 4.79 Å². The van der Waals surface area contributed by atoms with Crippen LogP contribution in [0, 0.1) is 0 Å². The van der Waals surface area contributed by atoms with E-state index in [0.717, 1.165) is 24.9 Å². The van der Waals surface area contributed by atoms with Crippen molar-refractivity contribution in [1.29, 1.82) is 0 Å². The predicted molar refractivity (Wildman–Crippen MR) is 71.1 cm³/mol. The Hall–Kier alpha value is -1.35. The van der Waals surface area contributed by atoms with E-state index in [0.29, 0.717) is 12.6 Å². The molecule has 1 amide bonds. The van der Waals surface area contributed by atoms with Crippen molar-refractivity contribution in [3.05, 3.63) is 35.9 Å². The van der Waals surface area contributed by atoms with Gasteiger partial charge in [0.25, 0.3) is 5.91 Å². The van der Waals surface area contributed by atoms with Crippen molar-refractivity contribution in [2.24, 2.45) is 0 Å². The van der Waals surface area contributed by atoms with Crippen LogP contribution in [-0.4, -0.2) is 25.0 Å². The van der Waals surface area contributed by atoms with Crippen LogP contribution in [0.2, 0.25) is 0 Å². The van der Waals surface area contributed by atoms with E-state index in [1.54, 1.807) is 0 Å². The molecular weight excluding hydrogens is 212 g/mol. The van der Waals surface area contributed by atoms with E-state index in [1.165, 1.54) is 0 Å². The molecule has 1 rings (SSSR count). The van der Waals surface area contributed by atoms with Crippen molar-refractivity contribution in [3.8, 4) is 0 Å². The van der Waals surface area contributed by atoms with Gasteiger partial charge in [-0.25, -0.2) is 0 Å². The van der Waals surface area contributed by atoms with Gasteiger partial charge < -0.3 is 10.6 Å². The van der Waals surface area contributed by atoms with Crippen molar-refractivity contribution in [2.45, 2.75) is 32.7 Å². The van der Waals surface area contributed by atoms with Crippen LogP contribution in [0.4, 0.5) is 0 Å². The number of hydrogen-bond donors (Lipinski definition) is 2. The highest BCUT2D eigenvalue weighted by Gasteiger charge is 2.04. The van der Waals surface area contributed by atoms with Crippen LogP contribution in [0.1, 0.15) is 37.0 Å². The summed E-state index contributed by atoms with van der Waals surface area (Å²) in [5.41, 5.74) is 0.718. The first-order valence-electron chi connectivity index (χ1n) is 6.34. The third kappa shape index (κ3) is 5.00. The van der Waals surface area contributed by atoms with Crippen LogP contribution in [0.5, 0.6) is 0 Å². The standard InChI is InChI=1S/C14H22N2O/c1-3-13(4-2)15-10-11-16-14(17)12-8-6-5-7-9-12/h5-9,13,15H,3-4,10-11H2,1-2H3,(H,16,17). The van der Waals surface area contributed by atoms with Gasteiger partial charge in [0.2, 0.25) is 0 Å². The summed E-state index contributed by atoms with van der Waals surface area (Å²) in [4.78, 5) is 11.7. The van der Waals surface area contributed by atoms with E-state index in [-0.39, 0.29) is 5.91 Å². The Labute approximate surface area is 104 Å². The summed E-state index contributed by atoms with van der Waals surface area (Å²) in [6.45, 7) is 5.84. The van der Waals surface area contributed by atoms with Crippen molar-refractivity contribution < 1.29 is 4.79 Å². The lowest BCUT2D eigenvalue weighted by atomic mass is 10.2. The van der Waals surface area contributed by atoms with Crippen LogP contribution in [-0.2, 0) is 0 Å². The van der Waals surface area contributed by atoms with E-state index in [1.807, 2.05) is 30.3 Å². The number of carbonyl (C=O) groups is 1. The molecular formula is C14H22N2O. The Morgan fingerprint density at radius 3 is 2.35 bits per heavy atom. The van der Waals surface area contributed by atoms with E-state index in [4.69, 9.17) is 0 Å². The number of rotatable bonds is 7. The summed E-state index contributed by atoms with van der Waals surface area (Å²) in [5, 5.41) is 6.31. The van der Waals surface area contributed by atoms with Crippen LogP contribution in [0.25, 0.3) is 0 Å². The summed E-state index contributed by atoms with van der Waals surface area (Å²) in [7, 11) is 0. The molecule has 2 N–H and O–H groups in total. The summed E-state index contributed by atoms with van der Waals surface area (Å²) < 4.78 is 0. The molecule has 0 unspecified atom stereocenters. The smallest absolute Gasteiger partial charge is 0.251 e. The summed E-state index contributed by atoms with van der Waals surface area (Å²) >= 11 is 0. The molecule has 0 aliphatic heterocycles. The Kier molecular flexibility index (Phi) is 6.33. The molecule has 0 saturated carbocycles. The number of hydrogen-bond acceptors (Lipinski definition) is 2. The second kappa shape index (κ2) is 7.85. The second-order valence-corrected chi connectivity index (χ2v) is 4.09. The quantitative estimate of drug-likeness (QED) is 0.710. The van der Waals surface area contributed by atoms with Gasteiger partial charge >= 0.3 is 0 Å². The predicted octanol–water partition coefficient (Wildman–Crippen LogP) is 2.19. The molecule has 1 aromatic rings. The fourth-order valence-electron chi connectivity index (χ4n) is 1.72. The topological polar surface area (TPSA) is 41.1 Å². The second-order valence-electron chi connectivity index (χ2n) is 4.09. The van der Waals surface area contributed by atoms with Crippen LogP contribution < -0.4 is 10.6 Å². The molecule has 0 radical (unpaired) electrons. The molecule has 0 saturated heterocycles. The molecule has 0 spiro atoms. The van der Waals surface area contributed by atoms with Gasteiger partial charge in [0.05, 0.1) is 0 Å². The van der Waals surface area contributed by atoms with Gasteiger partial charge in [0, 0.05) is 24.7 Å². The van der Waals surface area contributed by atoms with Gasteiger partial charge in [0.15, 0.2) is 0 Å². The lowest BCUT2D eigenvalue weighted by Gasteiger charge is -2.14. The molecule has 3 heteroatoms. The van der Waals surface area contributed by atoms with Crippen molar-refractivity contribution >= 4 is 5.91 Å². The van der Waals surface area contributed by atoms with Gasteiger partial charge in [0.1, 0.15) is 0 Å². The SMILES string of the molecule is CCC(CC)NCCNC(=O)c1ccccc1. The molecule has 0 fully saturated rings. The zero-order valence-electron chi connectivity index (χ0n) is 10.7. The Morgan fingerprint density at radius 2 is 1.76 bits per heavy atom. The maximum absolute atomic E-state index is 11.7. The first-order chi connectivity index (χ1) is 8.27. The van der Waals surface area contributed by atoms with E-state index < -0.39 is 0 Å². The number of carbonyl (C=O) groups excluding carboxylic acids is 1. The fraction of sp³-hybridized carbons (Fsp3) is 0.500. The molecule has 1 aromatic carbocycles. The van der Waals surface area contributed by atoms with Gasteiger partial charge in [-0.2, -0.15) is 0 Å². The molecule has 0 heterocycles. The molecule has 17 heavy (non-hydrogen) atoms. The number of nitrogens with one attached hydrogen (secondary N) is 2. The Morgan fingerprint density at radius 1 is 1.12 bits per heavy atom. The van der Waals surface area contributed by atoms with E-state index >= 15 is 0 Å². The molecule has 0 aromatic heterocycles. The lowest BCUT2D eigenvalue weighted by Crippen LogP contribution is -2.36. The maximum atomic E-state index is 11.7. The van der Waals surface area contributed by atoms with Crippen molar-refractivity contribution in [1.82, 2.24) is 10.6 Å². The largest absolute Gasteiger partial charge is 0.351 e. The lowest BCUT2D eigenvalue weighted by molar-refractivity contribution is 0.0953. The minimum atomic E-state index is -0.00283. The van der Waals surface area contributed by atoms with Crippen LogP contribution in [0.3, 0.4) is 0 Å². The first kappa shape index (κ1) is 13.7. The number of amides is 1. The number of benzene rings is 1. The highest BCUT2D eigenvalue weighted by Crippen LogP contribution is 1.97. The molecule has 3 nitrogen and oxygen atoms in total. The fourth-order valence-corrected chi connectivity index (χ4v) is 1.72. The third-order valence-corrected chi connectivity index (χ3v) is 2.87. The highest BCUT2D eigenvalue weighted by atomic mass is 16.1. The van der Waals surface area contributed by atoms with E-state index in [2.05, 4.69) is 24.5 Å². The van der Waals surface area contributed by atoms with Gasteiger partial charge in [-0.15, -0.1) is 0 Å². The highest BCUT2D eigenvalue weighted by molar-refractivity contribution is 5.94. The maximum Gasteiger partial charge on any atom is 0.251 e. The first-order valence-corrected chi connectivity index (χ1v) is 6.34. The zero-order valence-corrected chi connectivity index (χ0v) is 10.7. The third-order valence-electron chi connectivity index (χ3n) is 2.87. The summed E-state index contributed by atoms with van der Waals surface area (Å²) in [6, 6.07) is 9.86.